The quantitative estimate of drug-likeness (QED) is 0.311. The summed E-state index contributed by atoms with van der Waals surface area (Å²) in [5, 5.41) is 36.2. The van der Waals surface area contributed by atoms with Crippen LogP contribution in [0.4, 0.5) is 5.69 Å². The second kappa shape index (κ2) is 3.55. The van der Waals surface area contributed by atoms with Crippen molar-refractivity contribution in [3.63, 3.8) is 0 Å². The van der Waals surface area contributed by atoms with Crippen LogP contribution in [0.25, 0.3) is 0 Å². The molecule has 78 valence electrons. The van der Waals surface area contributed by atoms with E-state index in [9.17, 15) is 10.2 Å². The molecule has 0 radical (unpaired) electrons. The number of anilines is 1. The van der Waals surface area contributed by atoms with Crippen molar-refractivity contribution >= 4 is 5.69 Å². The van der Waals surface area contributed by atoms with Gasteiger partial charge in [-0.2, -0.15) is 0 Å². The van der Waals surface area contributed by atoms with Crippen LogP contribution in [0.2, 0.25) is 0 Å². The summed E-state index contributed by atoms with van der Waals surface area (Å²) in [6.07, 6.45) is -2.30. The first-order valence-corrected chi connectivity index (χ1v) is 4.03. The summed E-state index contributed by atoms with van der Waals surface area (Å²) >= 11 is 0. The molecule has 1 aromatic carbocycles. The fraction of sp³-hybridized carbons (Fsp3) is 0.333. The van der Waals surface area contributed by atoms with Gasteiger partial charge in [-0.25, -0.2) is 0 Å². The van der Waals surface area contributed by atoms with Crippen molar-refractivity contribution in [1.29, 1.82) is 0 Å². The van der Waals surface area contributed by atoms with Gasteiger partial charge in [-0.3, -0.25) is 0 Å². The summed E-state index contributed by atoms with van der Waals surface area (Å²) in [5.74, 6) is -2.74. The first kappa shape index (κ1) is 10.9. The lowest BCUT2D eigenvalue weighted by Crippen LogP contribution is -2.39. The molecule has 5 nitrogen and oxygen atoms in total. The van der Waals surface area contributed by atoms with Crippen molar-refractivity contribution in [3.8, 4) is 0 Å². The van der Waals surface area contributed by atoms with Crippen LogP contribution in [0.1, 0.15) is 11.1 Å². The van der Waals surface area contributed by atoms with Gasteiger partial charge in [-0.05, 0) is 19.1 Å². The number of hydrogen-bond donors (Lipinski definition) is 5. The van der Waals surface area contributed by atoms with E-state index >= 15 is 0 Å². The smallest absolute Gasteiger partial charge is 0.244 e. The van der Waals surface area contributed by atoms with Crippen molar-refractivity contribution < 1.29 is 20.4 Å². The number of nitrogens with two attached hydrogens (primary N) is 1. The van der Waals surface area contributed by atoms with Crippen LogP contribution in [0.3, 0.4) is 0 Å². The monoisotopic (exact) mass is 199 g/mol. The molecule has 0 spiro atoms. The van der Waals surface area contributed by atoms with Crippen LogP contribution in [0, 0.1) is 6.92 Å². The average molecular weight is 199 g/mol. The SMILES string of the molecule is Cc1ccc(N)c(C(O)(O)C(O)O)c1. The van der Waals surface area contributed by atoms with Crippen molar-refractivity contribution in [1.82, 2.24) is 0 Å². The van der Waals surface area contributed by atoms with Crippen molar-refractivity contribution in [3.05, 3.63) is 29.3 Å². The van der Waals surface area contributed by atoms with E-state index in [1.54, 1.807) is 13.0 Å². The van der Waals surface area contributed by atoms with Gasteiger partial charge in [0.15, 0.2) is 0 Å². The number of rotatable bonds is 2. The van der Waals surface area contributed by atoms with Crippen LogP contribution in [0.15, 0.2) is 18.2 Å². The maximum atomic E-state index is 9.34. The minimum Gasteiger partial charge on any atom is -0.398 e. The average Bonchev–Trinajstić information content (AvgIpc) is 2.08. The number of benzene rings is 1. The Morgan fingerprint density at radius 3 is 2.36 bits per heavy atom. The Balaban J connectivity index is 3.24. The van der Waals surface area contributed by atoms with Crippen molar-refractivity contribution in [2.75, 3.05) is 5.73 Å². The molecule has 14 heavy (non-hydrogen) atoms. The van der Waals surface area contributed by atoms with Gasteiger partial charge < -0.3 is 26.2 Å². The summed E-state index contributed by atoms with van der Waals surface area (Å²) in [6.45, 7) is 1.72. The van der Waals surface area contributed by atoms with Crippen molar-refractivity contribution in [2.45, 2.75) is 19.0 Å². The number of hydrogen-bond acceptors (Lipinski definition) is 5. The third-order valence-electron chi connectivity index (χ3n) is 1.97. The van der Waals surface area contributed by atoms with Crippen LogP contribution < -0.4 is 5.73 Å². The molecule has 0 heterocycles. The predicted octanol–water partition coefficient (Wildman–Crippen LogP) is -0.975. The first-order chi connectivity index (χ1) is 6.35. The third kappa shape index (κ3) is 1.85. The normalized spacial score (nSPS) is 12.1. The highest BCUT2D eigenvalue weighted by atomic mass is 16.6. The molecule has 0 bridgehead atoms. The molecule has 0 atom stereocenters. The Labute approximate surface area is 81.0 Å². The molecule has 0 aliphatic heterocycles. The Morgan fingerprint density at radius 2 is 1.86 bits per heavy atom. The van der Waals surface area contributed by atoms with Crippen LogP contribution >= 0.6 is 0 Å². The standard InChI is InChI=1S/C9H13NO4/c1-5-2-3-7(10)6(4-5)9(13,14)8(11)12/h2-4,8,11-14H,10H2,1H3. The number of aliphatic hydroxyl groups is 4. The van der Waals surface area contributed by atoms with Crippen LogP contribution in [-0.4, -0.2) is 26.7 Å². The fourth-order valence-corrected chi connectivity index (χ4v) is 1.13. The minimum absolute atomic E-state index is 0.0914. The van der Waals surface area contributed by atoms with Gasteiger partial charge in [-0.15, -0.1) is 0 Å². The van der Waals surface area contributed by atoms with E-state index in [-0.39, 0.29) is 11.3 Å². The molecule has 0 fully saturated rings. The zero-order chi connectivity index (χ0) is 10.9. The lowest BCUT2D eigenvalue weighted by Gasteiger charge is -2.25. The number of nitrogen functional groups attached to an aromatic ring is 1. The van der Waals surface area contributed by atoms with Gasteiger partial charge in [0.05, 0.1) is 0 Å². The molecular formula is C9H13NO4. The molecule has 0 aliphatic rings. The molecule has 0 aliphatic carbocycles. The minimum atomic E-state index is -2.74. The molecular weight excluding hydrogens is 186 g/mol. The van der Waals surface area contributed by atoms with Crippen molar-refractivity contribution in [2.24, 2.45) is 0 Å². The summed E-state index contributed by atoms with van der Waals surface area (Å²) in [5.41, 5.74) is 6.18. The molecule has 0 saturated heterocycles. The third-order valence-corrected chi connectivity index (χ3v) is 1.97. The molecule has 0 aromatic heterocycles. The topological polar surface area (TPSA) is 107 Å². The van der Waals surface area contributed by atoms with Gasteiger partial charge in [0, 0.05) is 11.3 Å². The summed E-state index contributed by atoms with van der Waals surface area (Å²) in [4.78, 5) is 0. The molecule has 0 saturated carbocycles. The highest BCUT2D eigenvalue weighted by Crippen LogP contribution is 2.27. The predicted molar refractivity (Wildman–Crippen MR) is 49.9 cm³/mol. The lowest BCUT2D eigenvalue weighted by molar-refractivity contribution is -0.298. The van der Waals surface area contributed by atoms with Gasteiger partial charge in [-0.1, -0.05) is 11.6 Å². The molecule has 0 amide bonds. The summed E-state index contributed by atoms with van der Waals surface area (Å²) < 4.78 is 0. The van der Waals surface area contributed by atoms with Crippen LogP contribution in [0.5, 0.6) is 0 Å². The van der Waals surface area contributed by atoms with E-state index in [1.165, 1.54) is 12.1 Å². The van der Waals surface area contributed by atoms with E-state index in [0.29, 0.717) is 0 Å². The fourth-order valence-electron chi connectivity index (χ4n) is 1.13. The summed E-state index contributed by atoms with van der Waals surface area (Å²) in [7, 11) is 0. The molecule has 0 unspecified atom stereocenters. The Hall–Kier alpha value is -1.14. The van der Waals surface area contributed by atoms with Crippen LogP contribution in [-0.2, 0) is 5.79 Å². The highest BCUT2D eigenvalue weighted by Gasteiger charge is 2.35. The van der Waals surface area contributed by atoms with E-state index in [4.69, 9.17) is 15.9 Å². The van der Waals surface area contributed by atoms with E-state index in [2.05, 4.69) is 0 Å². The molecule has 1 aromatic rings. The van der Waals surface area contributed by atoms with Gasteiger partial charge in [0.25, 0.3) is 0 Å². The zero-order valence-corrected chi connectivity index (χ0v) is 7.68. The Bertz CT molecular complexity index is 336. The van der Waals surface area contributed by atoms with E-state index in [1.807, 2.05) is 0 Å². The highest BCUT2D eigenvalue weighted by molar-refractivity contribution is 5.50. The number of aryl methyl sites for hydroxylation is 1. The number of aliphatic hydroxyl groups excluding tert-OH is 1. The maximum Gasteiger partial charge on any atom is 0.244 e. The molecule has 1 rings (SSSR count). The van der Waals surface area contributed by atoms with E-state index in [0.717, 1.165) is 5.56 Å². The molecule has 5 heteroatoms. The Morgan fingerprint density at radius 1 is 1.29 bits per heavy atom. The second-order valence-corrected chi connectivity index (χ2v) is 3.19. The zero-order valence-electron chi connectivity index (χ0n) is 7.68. The largest absolute Gasteiger partial charge is 0.398 e. The van der Waals surface area contributed by atoms with Gasteiger partial charge in [0.2, 0.25) is 12.1 Å². The second-order valence-electron chi connectivity index (χ2n) is 3.19. The van der Waals surface area contributed by atoms with Gasteiger partial charge in [0.1, 0.15) is 0 Å². The first-order valence-electron chi connectivity index (χ1n) is 4.03. The maximum absolute atomic E-state index is 9.34. The van der Waals surface area contributed by atoms with E-state index < -0.39 is 12.1 Å². The summed E-state index contributed by atoms with van der Waals surface area (Å²) in [6, 6.07) is 4.53. The van der Waals surface area contributed by atoms with Gasteiger partial charge >= 0.3 is 0 Å². The Kier molecular flexibility index (Phi) is 2.77. The lowest BCUT2D eigenvalue weighted by atomic mass is 10.0. The molecule has 6 N–H and O–H groups in total.